The van der Waals surface area contributed by atoms with Gasteiger partial charge in [0.2, 0.25) is 0 Å². The number of benzene rings is 2. The lowest BCUT2D eigenvalue weighted by atomic mass is 9.94. The minimum absolute atomic E-state index is 0.184. The average Bonchev–Trinajstić information content (AvgIpc) is 2.58. The summed E-state index contributed by atoms with van der Waals surface area (Å²) < 4.78 is 41.1. The van der Waals surface area contributed by atoms with Crippen molar-refractivity contribution in [2.24, 2.45) is 0 Å². The van der Waals surface area contributed by atoms with Crippen molar-refractivity contribution in [3.8, 4) is 11.5 Å². The van der Waals surface area contributed by atoms with Crippen LogP contribution in [-0.2, 0) is 0 Å². The highest BCUT2D eigenvalue weighted by Crippen LogP contribution is 2.36. The van der Waals surface area contributed by atoms with Gasteiger partial charge in [0.15, 0.2) is 0 Å². The van der Waals surface area contributed by atoms with Crippen LogP contribution in [0.2, 0.25) is 0 Å². The van der Waals surface area contributed by atoms with Crippen LogP contribution in [0.15, 0.2) is 42.5 Å². The normalized spacial score (nSPS) is 17.1. The number of phenolic OH excluding ortho intramolecular Hbond substituents is 1. The molecule has 0 aromatic heterocycles. The largest absolute Gasteiger partial charge is 0.573 e. The number of rotatable bonds is 4. The summed E-state index contributed by atoms with van der Waals surface area (Å²) in [6.07, 6.45) is -4.71. The molecule has 2 N–H and O–H groups in total. The van der Waals surface area contributed by atoms with E-state index in [-0.39, 0.29) is 17.5 Å². The van der Waals surface area contributed by atoms with Crippen LogP contribution >= 0.6 is 0 Å². The van der Waals surface area contributed by atoms with Crippen molar-refractivity contribution < 1.29 is 23.0 Å². The third-order valence-electron chi connectivity index (χ3n) is 4.43. The van der Waals surface area contributed by atoms with Crippen LogP contribution in [0, 0.1) is 6.92 Å². The van der Waals surface area contributed by atoms with Crippen LogP contribution in [-0.4, -0.2) is 42.5 Å². The summed E-state index contributed by atoms with van der Waals surface area (Å²) in [6.45, 7) is 5.08. The fourth-order valence-electron chi connectivity index (χ4n) is 3.26. The Bertz CT molecular complexity index is 741. The number of halogens is 3. The number of alkyl halides is 3. The molecule has 0 spiro atoms. The van der Waals surface area contributed by atoms with Crippen molar-refractivity contribution in [1.82, 2.24) is 10.2 Å². The van der Waals surface area contributed by atoms with E-state index in [2.05, 4.69) is 15.0 Å². The SMILES string of the molecule is Cc1ccc([C@@H](c2ccc(OC(F)(F)F)cc2)N2CCNCC2)c(O)c1. The fourth-order valence-corrected chi connectivity index (χ4v) is 3.26. The minimum Gasteiger partial charge on any atom is -0.508 e. The van der Waals surface area contributed by atoms with E-state index in [4.69, 9.17) is 0 Å². The highest BCUT2D eigenvalue weighted by atomic mass is 19.4. The quantitative estimate of drug-likeness (QED) is 0.868. The van der Waals surface area contributed by atoms with Gasteiger partial charge in [0.05, 0.1) is 6.04 Å². The van der Waals surface area contributed by atoms with Gasteiger partial charge in [0, 0.05) is 31.7 Å². The first-order valence-electron chi connectivity index (χ1n) is 8.43. The number of piperazine rings is 1. The summed E-state index contributed by atoms with van der Waals surface area (Å²) in [4.78, 5) is 2.21. The van der Waals surface area contributed by atoms with Crippen molar-refractivity contribution >= 4 is 0 Å². The summed E-state index contributed by atoms with van der Waals surface area (Å²) in [6, 6.07) is 11.1. The van der Waals surface area contributed by atoms with Crippen molar-refractivity contribution in [3.05, 3.63) is 59.2 Å². The van der Waals surface area contributed by atoms with Crippen LogP contribution < -0.4 is 10.1 Å². The zero-order valence-corrected chi connectivity index (χ0v) is 14.4. The zero-order chi connectivity index (χ0) is 18.7. The smallest absolute Gasteiger partial charge is 0.508 e. The van der Waals surface area contributed by atoms with Gasteiger partial charge in [-0.05, 0) is 36.2 Å². The molecule has 1 atom stereocenters. The monoisotopic (exact) mass is 366 g/mol. The number of hydrogen-bond acceptors (Lipinski definition) is 4. The van der Waals surface area contributed by atoms with E-state index < -0.39 is 6.36 Å². The fraction of sp³-hybridized carbons (Fsp3) is 0.368. The van der Waals surface area contributed by atoms with Gasteiger partial charge in [-0.1, -0.05) is 24.3 Å². The highest BCUT2D eigenvalue weighted by Gasteiger charge is 2.31. The highest BCUT2D eigenvalue weighted by molar-refractivity contribution is 5.44. The van der Waals surface area contributed by atoms with Crippen LogP contribution in [0.4, 0.5) is 13.2 Å². The van der Waals surface area contributed by atoms with Crippen LogP contribution in [0.1, 0.15) is 22.7 Å². The van der Waals surface area contributed by atoms with Gasteiger partial charge in [-0.2, -0.15) is 0 Å². The predicted octanol–water partition coefficient (Wildman–Crippen LogP) is 3.59. The summed E-state index contributed by atoms with van der Waals surface area (Å²) in [5, 5.41) is 13.7. The first-order valence-corrected chi connectivity index (χ1v) is 8.43. The second-order valence-electron chi connectivity index (χ2n) is 6.37. The van der Waals surface area contributed by atoms with E-state index in [0.717, 1.165) is 42.9 Å². The van der Waals surface area contributed by atoms with Gasteiger partial charge in [0.25, 0.3) is 0 Å². The molecular weight excluding hydrogens is 345 g/mol. The number of nitrogens with one attached hydrogen (secondary N) is 1. The first-order chi connectivity index (χ1) is 12.3. The molecule has 140 valence electrons. The number of hydrogen-bond donors (Lipinski definition) is 2. The molecular formula is C19H21F3N2O2. The number of phenols is 1. The second kappa shape index (κ2) is 7.55. The molecule has 4 nitrogen and oxygen atoms in total. The lowest BCUT2D eigenvalue weighted by Crippen LogP contribution is -2.45. The molecule has 0 radical (unpaired) electrons. The van der Waals surface area contributed by atoms with E-state index in [1.165, 1.54) is 12.1 Å². The molecule has 2 aromatic rings. The van der Waals surface area contributed by atoms with Gasteiger partial charge in [-0.3, -0.25) is 4.90 Å². The molecule has 0 amide bonds. The average molecular weight is 366 g/mol. The Balaban J connectivity index is 1.95. The van der Waals surface area contributed by atoms with Crippen LogP contribution in [0.25, 0.3) is 0 Å². The molecule has 1 saturated heterocycles. The molecule has 2 aromatic carbocycles. The summed E-state index contributed by atoms with van der Waals surface area (Å²) >= 11 is 0. The molecule has 0 unspecified atom stereocenters. The molecule has 0 saturated carbocycles. The summed E-state index contributed by atoms with van der Waals surface area (Å²) in [5.74, 6) is -0.0717. The van der Waals surface area contributed by atoms with E-state index in [9.17, 15) is 18.3 Å². The maximum absolute atomic E-state index is 12.4. The topological polar surface area (TPSA) is 44.7 Å². The maximum atomic E-state index is 12.4. The Kier molecular flexibility index (Phi) is 5.38. The maximum Gasteiger partial charge on any atom is 0.573 e. The van der Waals surface area contributed by atoms with Crippen molar-refractivity contribution in [2.75, 3.05) is 26.2 Å². The summed E-state index contributed by atoms with van der Waals surface area (Å²) in [5.41, 5.74) is 2.49. The van der Waals surface area contributed by atoms with E-state index >= 15 is 0 Å². The van der Waals surface area contributed by atoms with E-state index in [1.54, 1.807) is 18.2 Å². The Morgan fingerprint density at radius 1 is 1.08 bits per heavy atom. The Labute approximate surface area is 150 Å². The molecule has 3 rings (SSSR count). The van der Waals surface area contributed by atoms with E-state index in [0.29, 0.717) is 0 Å². The van der Waals surface area contributed by atoms with Crippen molar-refractivity contribution in [2.45, 2.75) is 19.3 Å². The molecule has 0 aliphatic carbocycles. The molecule has 1 aliphatic rings. The number of nitrogens with zero attached hydrogens (tertiary/aromatic N) is 1. The predicted molar refractivity (Wildman–Crippen MR) is 92.3 cm³/mol. The third kappa shape index (κ3) is 4.47. The van der Waals surface area contributed by atoms with Gasteiger partial charge < -0.3 is 15.2 Å². The van der Waals surface area contributed by atoms with Crippen molar-refractivity contribution in [1.29, 1.82) is 0 Å². The van der Waals surface area contributed by atoms with E-state index in [1.807, 2.05) is 19.1 Å². The van der Waals surface area contributed by atoms with Gasteiger partial charge in [-0.25, -0.2) is 0 Å². The lowest BCUT2D eigenvalue weighted by Gasteiger charge is -2.36. The van der Waals surface area contributed by atoms with Gasteiger partial charge in [0.1, 0.15) is 11.5 Å². The molecule has 0 bridgehead atoms. The van der Waals surface area contributed by atoms with Crippen LogP contribution in [0.3, 0.4) is 0 Å². The van der Waals surface area contributed by atoms with Gasteiger partial charge >= 0.3 is 6.36 Å². The zero-order valence-electron chi connectivity index (χ0n) is 14.4. The van der Waals surface area contributed by atoms with Gasteiger partial charge in [-0.15, -0.1) is 13.2 Å². The Morgan fingerprint density at radius 3 is 2.31 bits per heavy atom. The number of ether oxygens (including phenoxy) is 1. The summed E-state index contributed by atoms with van der Waals surface area (Å²) in [7, 11) is 0. The second-order valence-corrected chi connectivity index (χ2v) is 6.37. The Morgan fingerprint density at radius 2 is 1.73 bits per heavy atom. The minimum atomic E-state index is -4.71. The Hall–Kier alpha value is -2.25. The first kappa shape index (κ1) is 18.5. The van der Waals surface area contributed by atoms with Crippen LogP contribution in [0.5, 0.6) is 11.5 Å². The standard InChI is InChI=1S/C19H21F3N2O2/c1-13-2-7-16(17(25)12-13)18(24-10-8-23-9-11-24)14-3-5-15(6-4-14)26-19(20,21)22/h2-7,12,18,23,25H,8-11H2,1H3/t18-/m1/s1. The van der Waals surface area contributed by atoms with Crippen molar-refractivity contribution in [3.63, 3.8) is 0 Å². The molecule has 26 heavy (non-hydrogen) atoms. The number of aryl methyl sites for hydroxylation is 1. The number of aromatic hydroxyl groups is 1. The molecule has 1 fully saturated rings. The molecule has 1 heterocycles. The molecule has 7 heteroatoms. The lowest BCUT2D eigenvalue weighted by molar-refractivity contribution is -0.274. The molecule has 1 aliphatic heterocycles. The third-order valence-corrected chi connectivity index (χ3v) is 4.43.